The summed E-state index contributed by atoms with van der Waals surface area (Å²) in [5, 5.41) is 11.0. The second kappa shape index (κ2) is 5.09. The molecule has 1 aliphatic rings. The molecular weight excluding hydrogens is 262 g/mol. The summed E-state index contributed by atoms with van der Waals surface area (Å²) in [7, 11) is 0. The molecule has 2 atom stereocenters. The molecule has 7 heteroatoms. The Labute approximate surface area is 116 Å². The van der Waals surface area contributed by atoms with Crippen molar-refractivity contribution in [2.24, 2.45) is 11.5 Å². The minimum atomic E-state index is -1.08. The van der Waals surface area contributed by atoms with Crippen LogP contribution in [0, 0.1) is 17.0 Å². The number of hydrogen-bond acceptors (Lipinski definition) is 5. The normalized spacial score (nSPS) is 25.4. The number of rotatable bonds is 4. The fraction of sp³-hybridized carbons (Fsp3) is 0.462. The van der Waals surface area contributed by atoms with Crippen molar-refractivity contribution in [2.75, 3.05) is 0 Å². The van der Waals surface area contributed by atoms with Crippen molar-refractivity contribution in [3.63, 3.8) is 0 Å². The molecule has 7 nitrogen and oxygen atoms in total. The Hall–Kier alpha value is -2.15. The van der Waals surface area contributed by atoms with Crippen LogP contribution in [0.2, 0.25) is 0 Å². The van der Waals surface area contributed by atoms with Crippen LogP contribution in [-0.2, 0) is 4.79 Å². The Kier molecular flexibility index (Phi) is 3.63. The van der Waals surface area contributed by atoms with Crippen molar-refractivity contribution in [3.8, 4) is 5.75 Å². The average Bonchev–Trinajstić information content (AvgIpc) is 2.72. The van der Waals surface area contributed by atoms with Crippen molar-refractivity contribution in [1.82, 2.24) is 0 Å². The van der Waals surface area contributed by atoms with Crippen LogP contribution in [-0.4, -0.2) is 22.5 Å². The Morgan fingerprint density at radius 1 is 1.55 bits per heavy atom. The quantitative estimate of drug-likeness (QED) is 0.629. The standard InChI is InChI=1S/C13H17N3O4/c1-8-2-3-10(16(18)19)11(6-8)20-9-4-5-13(15,7-9)12(14)17/h2-3,6,9H,4-5,7,15H2,1H3,(H2,14,17). The molecule has 1 saturated carbocycles. The van der Waals surface area contributed by atoms with E-state index in [2.05, 4.69) is 0 Å². The van der Waals surface area contributed by atoms with E-state index >= 15 is 0 Å². The zero-order chi connectivity index (χ0) is 14.9. The van der Waals surface area contributed by atoms with Gasteiger partial charge in [0, 0.05) is 12.5 Å². The number of carbonyl (C=O) groups excluding carboxylic acids is 1. The van der Waals surface area contributed by atoms with Gasteiger partial charge in [-0.1, -0.05) is 6.07 Å². The molecule has 1 aromatic carbocycles. The van der Waals surface area contributed by atoms with Crippen molar-refractivity contribution in [1.29, 1.82) is 0 Å². The summed E-state index contributed by atoms with van der Waals surface area (Å²) in [5.74, 6) is -0.365. The Morgan fingerprint density at radius 3 is 2.80 bits per heavy atom. The van der Waals surface area contributed by atoms with Gasteiger partial charge in [0.2, 0.25) is 5.91 Å². The van der Waals surface area contributed by atoms with E-state index in [1.807, 2.05) is 6.92 Å². The zero-order valence-electron chi connectivity index (χ0n) is 11.2. The molecule has 0 aromatic heterocycles. The summed E-state index contributed by atoms with van der Waals surface area (Å²) >= 11 is 0. The number of nitrogens with two attached hydrogens (primary N) is 2. The van der Waals surface area contributed by atoms with Crippen LogP contribution in [0.25, 0.3) is 0 Å². The number of primary amides is 1. The van der Waals surface area contributed by atoms with E-state index in [9.17, 15) is 14.9 Å². The van der Waals surface area contributed by atoms with E-state index in [0.29, 0.717) is 12.8 Å². The van der Waals surface area contributed by atoms with Crippen molar-refractivity contribution in [3.05, 3.63) is 33.9 Å². The first-order valence-corrected chi connectivity index (χ1v) is 6.32. The highest BCUT2D eigenvalue weighted by Gasteiger charge is 2.42. The topological polar surface area (TPSA) is 121 Å². The SMILES string of the molecule is Cc1ccc([N+](=O)[O-])c(OC2CCC(N)(C(N)=O)C2)c1. The number of nitro groups is 1. The number of ether oxygens (including phenoxy) is 1. The molecule has 2 rings (SSSR count). The number of benzene rings is 1. The van der Waals surface area contributed by atoms with E-state index in [-0.39, 0.29) is 24.0 Å². The fourth-order valence-electron chi connectivity index (χ4n) is 2.40. The summed E-state index contributed by atoms with van der Waals surface area (Å²) in [6.45, 7) is 1.82. The Bertz CT molecular complexity index is 561. The molecular formula is C13H17N3O4. The monoisotopic (exact) mass is 279 g/mol. The summed E-state index contributed by atoms with van der Waals surface area (Å²) in [4.78, 5) is 21.8. The molecule has 0 bridgehead atoms. The van der Waals surface area contributed by atoms with Crippen LogP contribution in [0.4, 0.5) is 5.69 Å². The molecule has 108 valence electrons. The van der Waals surface area contributed by atoms with Crippen molar-refractivity contribution < 1.29 is 14.5 Å². The number of hydrogen-bond donors (Lipinski definition) is 2. The molecule has 0 radical (unpaired) electrons. The van der Waals surface area contributed by atoms with Gasteiger partial charge in [0.15, 0.2) is 5.75 Å². The number of amides is 1. The van der Waals surface area contributed by atoms with Gasteiger partial charge in [-0.3, -0.25) is 14.9 Å². The maximum Gasteiger partial charge on any atom is 0.310 e. The van der Waals surface area contributed by atoms with Gasteiger partial charge in [-0.05, 0) is 31.4 Å². The van der Waals surface area contributed by atoms with Gasteiger partial charge in [0.05, 0.1) is 10.5 Å². The first-order chi connectivity index (χ1) is 9.32. The first kappa shape index (κ1) is 14.3. The zero-order valence-corrected chi connectivity index (χ0v) is 11.2. The minimum absolute atomic E-state index is 0.0933. The van der Waals surface area contributed by atoms with Gasteiger partial charge in [0.25, 0.3) is 0 Å². The third kappa shape index (κ3) is 2.72. The van der Waals surface area contributed by atoms with Crippen molar-refractivity contribution >= 4 is 11.6 Å². The van der Waals surface area contributed by atoms with Crippen LogP contribution >= 0.6 is 0 Å². The van der Waals surface area contributed by atoms with Gasteiger partial charge in [-0.15, -0.1) is 0 Å². The van der Waals surface area contributed by atoms with Gasteiger partial charge >= 0.3 is 5.69 Å². The summed E-state index contributed by atoms with van der Waals surface area (Å²) in [6, 6.07) is 4.67. The van der Waals surface area contributed by atoms with Gasteiger partial charge in [-0.2, -0.15) is 0 Å². The van der Waals surface area contributed by atoms with E-state index in [0.717, 1.165) is 5.56 Å². The van der Waals surface area contributed by atoms with Crippen LogP contribution in [0.3, 0.4) is 0 Å². The number of carbonyl (C=O) groups is 1. The third-order valence-electron chi connectivity index (χ3n) is 3.60. The van der Waals surface area contributed by atoms with Crippen LogP contribution in [0.1, 0.15) is 24.8 Å². The second-order valence-electron chi connectivity index (χ2n) is 5.23. The minimum Gasteiger partial charge on any atom is -0.483 e. The third-order valence-corrected chi connectivity index (χ3v) is 3.60. The lowest BCUT2D eigenvalue weighted by Crippen LogP contribution is -2.50. The largest absolute Gasteiger partial charge is 0.483 e. The highest BCUT2D eigenvalue weighted by molar-refractivity contribution is 5.84. The van der Waals surface area contributed by atoms with Crippen LogP contribution in [0.15, 0.2) is 18.2 Å². The lowest BCUT2D eigenvalue weighted by molar-refractivity contribution is -0.386. The molecule has 4 N–H and O–H groups in total. The lowest BCUT2D eigenvalue weighted by Gasteiger charge is -2.19. The molecule has 0 heterocycles. The first-order valence-electron chi connectivity index (χ1n) is 6.32. The number of aryl methyl sites for hydroxylation is 1. The highest BCUT2D eigenvalue weighted by atomic mass is 16.6. The predicted molar refractivity (Wildman–Crippen MR) is 72.2 cm³/mol. The summed E-state index contributed by atoms with van der Waals surface area (Å²) < 4.78 is 5.66. The maximum atomic E-state index is 11.3. The predicted octanol–water partition coefficient (Wildman–Crippen LogP) is 1.02. The molecule has 1 fully saturated rings. The van der Waals surface area contributed by atoms with Crippen molar-refractivity contribution in [2.45, 2.75) is 37.8 Å². The van der Waals surface area contributed by atoms with Gasteiger partial charge < -0.3 is 16.2 Å². The highest BCUT2D eigenvalue weighted by Crippen LogP contribution is 2.34. The van der Waals surface area contributed by atoms with E-state index in [1.165, 1.54) is 6.07 Å². The molecule has 1 aliphatic carbocycles. The summed E-state index contributed by atoms with van der Waals surface area (Å²) in [6.07, 6.45) is 0.901. The number of nitro benzene ring substituents is 1. The van der Waals surface area contributed by atoms with E-state index < -0.39 is 16.4 Å². The molecule has 0 aliphatic heterocycles. The van der Waals surface area contributed by atoms with E-state index in [4.69, 9.17) is 16.2 Å². The molecule has 20 heavy (non-hydrogen) atoms. The van der Waals surface area contributed by atoms with Gasteiger partial charge in [-0.25, -0.2) is 0 Å². The van der Waals surface area contributed by atoms with E-state index in [1.54, 1.807) is 12.1 Å². The maximum absolute atomic E-state index is 11.3. The molecule has 2 unspecified atom stereocenters. The molecule has 0 saturated heterocycles. The smallest absolute Gasteiger partial charge is 0.310 e. The Morgan fingerprint density at radius 2 is 2.25 bits per heavy atom. The Balaban J connectivity index is 2.18. The second-order valence-corrected chi connectivity index (χ2v) is 5.23. The van der Waals surface area contributed by atoms with Gasteiger partial charge in [0.1, 0.15) is 6.10 Å². The molecule has 1 aromatic rings. The fourth-order valence-corrected chi connectivity index (χ4v) is 2.40. The van der Waals surface area contributed by atoms with Crippen LogP contribution < -0.4 is 16.2 Å². The average molecular weight is 279 g/mol. The van der Waals surface area contributed by atoms with Crippen LogP contribution in [0.5, 0.6) is 5.75 Å². The summed E-state index contributed by atoms with van der Waals surface area (Å²) in [5.41, 5.74) is 10.8. The molecule has 1 amide bonds. The molecule has 0 spiro atoms. The number of nitrogens with zero attached hydrogens (tertiary/aromatic N) is 1. The lowest BCUT2D eigenvalue weighted by atomic mass is 9.99.